The van der Waals surface area contributed by atoms with Crippen LogP contribution in [-0.2, 0) is 21.3 Å². The highest BCUT2D eigenvalue weighted by molar-refractivity contribution is 7.09. The number of aromatic nitrogens is 1. The fraction of sp³-hybridized carbons (Fsp3) is 0.444. The summed E-state index contributed by atoms with van der Waals surface area (Å²) in [7, 11) is 1.40. The number of ether oxygens (including phenoxy) is 2. The number of thiazole rings is 1. The summed E-state index contributed by atoms with van der Waals surface area (Å²) in [5.74, 6) is -0.305. The fourth-order valence-corrected chi connectivity index (χ4v) is 4.26. The topological polar surface area (TPSA) is 48.4 Å². The average Bonchev–Trinajstić information content (AvgIpc) is 3.11. The van der Waals surface area contributed by atoms with Crippen molar-refractivity contribution in [2.75, 3.05) is 20.3 Å². The van der Waals surface area contributed by atoms with Gasteiger partial charge < -0.3 is 9.47 Å². The van der Waals surface area contributed by atoms with E-state index in [1.54, 1.807) is 11.3 Å². The monoisotopic (exact) mass is 331 g/mol. The Hall–Kier alpha value is -1.72. The Bertz CT molecular complexity index is 672. The van der Waals surface area contributed by atoms with E-state index < -0.39 is 0 Å². The largest absolute Gasteiger partial charge is 0.465 e. The maximum Gasteiger partial charge on any atom is 0.337 e. The van der Waals surface area contributed by atoms with E-state index in [9.17, 15) is 4.79 Å². The molecule has 1 aliphatic heterocycles. The van der Waals surface area contributed by atoms with Gasteiger partial charge in [0.1, 0.15) is 5.01 Å². The molecule has 4 nitrogen and oxygen atoms in total. The number of benzene rings is 1. The molecule has 0 amide bonds. The number of carbonyl (C=O) groups is 1. The molecular weight excluding hydrogens is 310 g/mol. The van der Waals surface area contributed by atoms with Gasteiger partial charge in [-0.15, -0.1) is 11.3 Å². The minimum absolute atomic E-state index is 0.106. The van der Waals surface area contributed by atoms with Crippen molar-refractivity contribution in [2.45, 2.75) is 31.6 Å². The molecule has 0 aliphatic carbocycles. The Morgan fingerprint density at radius 3 is 2.57 bits per heavy atom. The lowest BCUT2D eigenvalue weighted by molar-refractivity contribution is 0.0597. The second-order valence-electron chi connectivity index (χ2n) is 5.76. The molecule has 1 fully saturated rings. The second-order valence-corrected chi connectivity index (χ2v) is 6.62. The Morgan fingerprint density at radius 1 is 1.30 bits per heavy atom. The smallest absolute Gasteiger partial charge is 0.337 e. The van der Waals surface area contributed by atoms with Gasteiger partial charge in [-0.2, -0.15) is 0 Å². The summed E-state index contributed by atoms with van der Waals surface area (Å²) < 4.78 is 10.4. The fourth-order valence-electron chi connectivity index (χ4n) is 3.08. The lowest BCUT2D eigenvalue weighted by atomic mass is 9.74. The average molecular weight is 331 g/mol. The van der Waals surface area contributed by atoms with E-state index in [0.717, 1.165) is 43.2 Å². The third-order valence-corrected chi connectivity index (χ3v) is 5.62. The second kappa shape index (κ2) is 6.81. The van der Waals surface area contributed by atoms with Crippen LogP contribution in [0.2, 0.25) is 0 Å². The highest BCUT2D eigenvalue weighted by Gasteiger charge is 2.39. The van der Waals surface area contributed by atoms with Gasteiger partial charge in [0.2, 0.25) is 0 Å². The molecule has 0 saturated carbocycles. The first kappa shape index (κ1) is 16.1. The third kappa shape index (κ3) is 3.03. The number of nitrogens with zero attached hydrogens (tertiary/aromatic N) is 1. The quantitative estimate of drug-likeness (QED) is 0.803. The maximum atomic E-state index is 11.6. The number of methoxy groups -OCH3 is 1. The van der Waals surface area contributed by atoms with Gasteiger partial charge in [-0.25, -0.2) is 9.78 Å². The predicted molar refractivity (Wildman–Crippen MR) is 90.1 cm³/mol. The van der Waals surface area contributed by atoms with Crippen molar-refractivity contribution in [3.63, 3.8) is 0 Å². The van der Waals surface area contributed by atoms with Crippen LogP contribution in [0.5, 0.6) is 0 Å². The van der Waals surface area contributed by atoms with Crippen LogP contribution in [0, 0.1) is 0 Å². The molecule has 1 aromatic heterocycles. The zero-order valence-electron chi connectivity index (χ0n) is 13.5. The summed E-state index contributed by atoms with van der Waals surface area (Å²) in [5.41, 5.74) is 2.81. The SMILES string of the molecule is CCc1csc(C2(c3ccc(C(=O)OC)cc3)CCOCC2)n1. The molecule has 5 heteroatoms. The van der Waals surface area contributed by atoms with Crippen molar-refractivity contribution in [3.05, 3.63) is 51.5 Å². The molecule has 122 valence electrons. The highest BCUT2D eigenvalue weighted by Crippen LogP contribution is 2.42. The third-order valence-electron chi connectivity index (χ3n) is 4.53. The van der Waals surface area contributed by atoms with Crippen LogP contribution in [0.25, 0.3) is 0 Å². The van der Waals surface area contributed by atoms with Gasteiger partial charge in [0, 0.05) is 18.6 Å². The molecule has 23 heavy (non-hydrogen) atoms. The van der Waals surface area contributed by atoms with E-state index in [0.29, 0.717) is 5.56 Å². The van der Waals surface area contributed by atoms with E-state index in [4.69, 9.17) is 14.5 Å². The van der Waals surface area contributed by atoms with E-state index in [2.05, 4.69) is 12.3 Å². The summed E-state index contributed by atoms with van der Waals surface area (Å²) >= 11 is 1.73. The Kier molecular flexibility index (Phi) is 4.78. The molecule has 1 aromatic carbocycles. The van der Waals surface area contributed by atoms with Crippen LogP contribution in [0.1, 0.15) is 46.4 Å². The number of esters is 1. The van der Waals surface area contributed by atoms with Crippen LogP contribution in [0.3, 0.4) is 0 Å². The van der Waals surface area contributed by atoms with Gasteiger partial charge in [-0.05, 0) is 37.0 Å². The summed E-state index contributed by atoms with van der Waals surface area (Å²) in [6.45, 7) is 3.60. The van der Waals surface area contributed by atoms with Crippen LogP contribution >= 0.6 is 11.3 Å². The van der Waals surface area contributed by atoms with E-state index >= 15 is 0 Å². The number of carbonyl (C=O) groups excluding carboxylic acids is 1. The number of hydrogen-bond acceptors (Lipinski definition) is 5. The van der Waals surface area contributed by atoms with Crippen molar-refractivity contribution in [1.29, 1.82) is 0 Å². The van der Waals surface area contributed by atoms with E-state index in [-0.39, 0.29) is 11.4 Å². The van der Waals surface area contributed by atoms with E-state index in [1.165, 1.54) is 12.7 Å². The minimum atomic E-state index is -0.305. The maximum absolute atomic E-state index is 11.6. The Labute approximate surface area is 140 Å². The Morgan fingerprint density at radius 2 is 2.00 bits per heavy atom. The van der Waals surface area contributed by atoms with Crippen LogP contribution in [0.4, 0.5) is 0 Å². The van der Waals surface area contributed by atoms with Gasteiger partial charge in [-0.3, -0.25) is 0 Å². The number of hydrogen-bond donors (Lipinski definition) is 0. The molecule has 2 aromatic rings. The molecule has 0 atom stereocenters. The summed E-state index contributed by atoms with van der Waals surface area (Å²) in [4.78, 5) is 16.5. The van der Waals surface area contributed by atoms with Gasteiger partial charge in [0.25, 0.3) is 0 Å². The molecule has 2 heterocycles. The first-order chi connectivity index (χ1) is 11.2. The Balaban J connectivity index is 2.00. The van der Waals surface area contributed by atoms with Crippen molar-refractivity contribution in [2.24, 2.45) is 0 Å². The number of aryl methyl sites for hydroxylation is 1. The lowest BCUT2D eigenvalue weighted by Crippen LogP contribution is -2.35. The van der Waals surface area contributed by atoms with Crippen molar-refractivity contribution < 1.29 is 14.3 Å². The molecule has 0 unspecified atom stereocenters. The van der Waals surface area contributed by atoms with Crippen molar-refractivity contribution in [1.82, 2.24) is 4.98 Å². The molecule has 0 spiro atoms. The molecule has 1 aliphatic rings. The molecule has 3 rings (SSSR count). The zero-order chi connectivity index (χ0) is 16.3. The first-order valence-electron chi connectivity index (χ1n) is 7.91. The predicted octanol–water partition coefficient (Wildman–Crippen LogP) is 3.59. The van der Waals surface area contributed by atoms with E-state index in [1.807, 2.05) is 24.3 Å². The normalized spacial score (nSPS) is 17.0. The molecule has 0 N–H and O–H groups in total. The lowest BCUT2D eigenvalue weighted by Gasteiger charge is -2.36. The molecule has 1 saturated heterocycles. The summed E-state index contributed by atoms with van der Waals surface area (Å²) in [6.07, 6.45) is 2.78. The first-order valence-corrected chi connectivity index (χ1v) is 8.79. The van der Waals surface area contributed by atoms with Crippen LogP contribution < -0.4 is 0 Å². The molecular formula is C18H21NO3S. The van der Waals surface area contributed by atoms with Crippen LogP contribution in [0.15, 0.2) is 29.6 Å². The highest BCUT2D eigenvalue weighted by atomic mass is 32.1. The minimum Gasteiger partial charge on any atom is -0.465 e. The standard InChI is InChI=1S/C18H21NO3S/c1-3-15-12-23-17(19-15)18(8-10-22-11-9-18)14-6-4-13(5-7-14)16(20)21-2/h4-7,12H,3,8-11H2,1-2H3. The zero-order valence-corrected chi connectivity index (χ0v) is 14.3. The number of rotatable bonds is 4. The molecule has 0 radical (unpaired) electrons. The van der Waals surface area contributed by atoms with Gasteiger partial charge in [0.15, 0.2) is 0 Å². The van der Waals surface area contributed by atoms with Gasteiger partial charge in [-0.1, -0.05) is 19.1 Å². The summed E-state index contributed by atoms with van der Waals surface area (Å²) in [6, 6.07) is 7.74. The van der Waals surface area contributed by atoms with Crippen LogP contribution in [-0.4, -0.2) is 31.3 Å². The van der Waals surface area contributed by atoms with Gasteiger partial charge >= 0.3 is 5.97 Å². The van der Waals surface area contributed by atoms with Gasteiger partial charge in [0.05, 0.1) is 23.8 Å². The summed E-state index contributed by atoms with van der Waals surface area (Å²) in [5, 5.41) is 3.30. The van der Waals surface area contributed by atoms with Crippen molar-refractivity contribution in [3.8, 4) is 0 Å². The molecule has 0 bridgehead atoms. The van der Waals surface area contributed by atoms with Crippen molar-refractivity contribution >= 4 is 17.3 Å².